The molecule has 0 radical (unpaired) electrons. The number of nitrogens with two attached hydrogens (primary N) is 1. The Balaban J connectivity index is 3.67. The number of aliphatic carboxylic acids is 2. The van der Waals surface area contributed by atoms with Crippen LogP contribution in [0, 0.1) is 0 Å². The Bertz CT molecular complexity index is 239. The maximum absolute atomic E-state index is 10.6. The van der Waals surface area contributed by atoms with E-state index in [1.165, 1.54) is 0 Å². The lowest BCUT2D eigenvalue weighted by molar-refractivity contribution is -0.139. The Morgan fingerprint density at radius 1 is 1.31 bits per heavy atom. The standard InChI is InChI=1S/C8H17N3O4S/c9-6(2-1-3-7(12)13)11-10-5(4-16)8(14)15/h5-6,10-11,16H,1-4,9H2,(H,12,13)(H,14,15)/t5-,6-/m0/s1. The molecule has 2 atom stereocenters. The first-order valence-electron chi connectivity index (χ1n) is 4.79. The number of hydrazine groups is 1. The fourth-order valence-corrected chi connectivity index (χ4v) is 1.19. The molecule has 0 unspecified atom stereocenters. The zero-order valence-corrected chi connectivity index (χ0v) is 9.61. The third kappa shape index (κ3) is 7.46. The second-order valence-corrected chi connectivity index (χ2v) is 3.62. The first kappa shape index (κ1) is 15.2. The summed E-state index contributed by atoms with van der Waals surface area (Å²) in [6, 6.07) is -0.825. The molecule has 0 aliphatic carbocycles. The zero-order valence-electron chi connectivity index (χ0n) is 8.72. The number of carboxylic acid groups (broad SMARTS) is 2. The molecular formula is C8H17N3O4S. The van der Waals surface area contributed by atoms with Gasteiger partial charge in [0.1, 0.15) is 6.04 Å². The lowest BCUT2D eigenvalue weighted by Gasteiger charge is -2.17. The molecule has 0 amide bonds. The highest BCUT2D eigenvalue weighted by Crippen LogP contribution is 1.96. The van der Waals surface area contributed by atoms with Gasteiger partial charge in [-0.2, -0.15) is 12.6 Å². The molecule has 0 rings (SSSR count). The van der Waals surface area contributed by atoms with Gasteiger partial charge in [-0.3, -0.25) is 9.59 Å². The zero-order chi connectivity index (χ0) is 12.6. The van der Waals surface area contributed by atoms with E-state index >= 15 is 0 Å². The molecule has 94 valence electrons. The Hall–Kier alpha value is -0.830. The maximum Gasteiger partial charge on any atom is 0.322 e. The van der Waals surface area contributed by atoms with Crippen molar-refractivity contribution < 1.29 is 19.8 Å². The van der Waals surface area contributed by atoms with Crippen molar-refractivity contribution in [2.75, 3.05) is 5.75 Å². The van der Waals surface area contributed by atoms with Crippen LogP contribution in [0.5, 0.6) is 0 Å². The molecule has 0 aromatic heterocycles. The van der Waals surface area contributed by atoms with E-state index in [9.17, 15) is 9.59 Å². The summed E-state index contributed by atoms with van der Waals surface area (Å²) in [5.74, 6) is -1.77. The molecule has 0 heterocycles. The Labute approximate surface area is 98.8 Å². The lowest BCUT2D eigenvalue weighted by Crippen LogP contribution is -2.53. The summed E-state index contributed by atoms with van der Waals surface area (Å²) < 4.78 is 0. The molecule has 0 bridgehead atoms. The Morgan fingerprint density at radius 3 is 2.38 bits per heavy atom. The highest BCUT2D eigenvalue weighted by Gasteiger charge is 2.15. The number of carbonyl (C=O) groups is 2. The van der Waals surface area contributed by atoms with Gasteiger partial charge in [0.05, 0.1) is 6.17 Å². The largest absolute Gasteiger partial charge is 0.481 e. The molecule has 8 heteroatoms. The molecule has 6 N–H and O–H groups in total. The van der Waals surface area contributed by atoms with Crippen molar-refractivity contribution in [2.45, 2.75) is 31.5 Å². The van der Waals surface area contributed by atoms with Crippen molar-refractivity contribution >= 4 is 24.6 Å². The minimum absolute atomic E-state index is 0.0459. The van der Waals surface area contributed by atoms with Crippen LogP contribution in [0.1, 0.15) is 19.3 Å². The van der Waals surface area contributed by atoms with Crippen LogP contribution in [-0.2, 0) is 9.59 Å². The molecular weight excluding hydrogens is 234 g/mol. The predicted octanol–water partition coefficient (Wildman–Crippen LogP) is -0.997. The van der Waals surface area contributed by atoms with Crippen LogP contribution in [0.25, 0.3) is 0 Å². The van der Waals surface area contributed by atoms with E-state index < -0.39 is 24.1 Å². The van der Waals surface area contributed by atoms with Gasteiger partial charge in [0.15, 0.2) is 0 Å². The van der Waals surface area contributed by atoms with Crippen LogP contribution >= 0.6 is 12.6 Å². The number of carboxylic acids is 2. The number of thiol groups is 1. The highest BCUT2D eigenvalue weighted by molar-refractivity contribution is 7.80. The van der Waals surface area contributed by atoms with Crippen molar-refractivity contribution in [3.8, 4) is 0 Å². The van der Waals surface area contributed by atoms with Gasteiger partial charge in [0.25, 0.3) is 0 Å². The fraction of sp³-hybridized carbons (Fsp3) is 0.750. The molecule has 16 heavy (non-hydrogen) atoms. The molecule has 0 fully saturated rings. The normalized spacial score (nSPS) is 14.4. The Morgan fingerprint density at radius 2 is 1.94 bits per heavy atom. The lowest BCUT2D eigenvalue weighted by atomic mass is 10.2. The third-order valence-corrected chi connectivity index (χ3v) is 2.19. The van der Waals surface area contributed by atoms with Gasteiger partial charge < -0.3 is 15.9 Å². The first-order chi connectivity index (χ1) is 7.47. The number of nitrogens with one attached hydrogen (secondary N) is 2. The van der Waals surface area contributed by atoms with E-state index in [0.29, 0.717) is 12.8 Å². The number of rotatable bonds is 9. The second kappa shape index (κ2) is 8.34. The van der Waals surface area contributed by atoms with Gasteiger partial charge in [0.2, 0.25) is 0 Å². The van der Waals surface area contributed by atoms with Gasteiger partial charge in [-0.1, -0.05) is 0 Å². The molecule has 0 aliphatic rings. The number of hydrogen-bond donors (Lipinski definition) is 6. The monoisotopic (exact) mass is 251 g/mol. The van der Waals surface area contributed by atoms with Crippen molar-refractivity contribution in [1.82, 2.24) is 10.9 Å². The van der Waals surface area contributed by atoms with E-state index in [2.05, 4.69) is 23.5 Å². The van der Waals surface area contributed by atoms with Gasteiger partial charge in [-0.15, -0.1) is 0 Å². The van der Waals surface area contributed by atoms with Gasteiger partial charge in [0, 0.05) is 12.2 Å². The average molecular weight is 251 g/mol. The van der Waals surface area contributed by atoms with Gasteiger partial charge in [-0.05, 0) is 12.8 Å². The van der Waals surface area contributed by atoms with Crippen LogP contribution in [0.4, 0.5) is 0 Å². The summed E-state index contributed by atoms with van der Waals surface area (Å²) in [5.41, 5.74) is 10.7. The molecule has 0 spiro atoms. The third-order valence-electron chi connectivity index (χ3n) is 1.83. The molecule has 0 aliphatic heterocycles. The van der Waals surface area contributed by atoms with E-state index in [4.69, 9.17) is 15.9 Å². The maximum atomic E-state index is 10.6. The molecule has 0 saturated carbocycles. The van der Waals surface area contributed by atoms with E-state index in [1.54, 1.807) is 0 Å². The smallest absolute Gasteiger partial charge is 0.322 e. The molecule has 0 aromatic rings. The first-order valence-corrected chi connectivity index (χ1v) is 5.42. The predicted molar refractivity (Wildman–Crippen MR) is 61.0 cm³/mol. The minimum Gasteiger partial charge on any atom is -0.481 e. The summed E-state index contributed by atoms with van der Waals surface area (Å²) >= 11 is 3.85. The molecule has 7 nitrogen and oxygen atoms in total. The van der Waals surface area contributed by atoms with Gasteiger partial charge >= 0.3 is 11.9 Å². The van der Waals surface area contributed by atoms with Crippen LogP contribution in [0.2, 0.25) is 0 Å². The topological polar surface area (TPSA) is 125 Å². The van der Waals surface area contributed by atoms with E-state index in [1.807, 2.05) is 0 Å². The SMILES string of the molecule is N[C@H](CCCC(=O)O)NN[C@@H](CS)C(=O)O. The second-order valence-electron chi connectivity index (χ2n) is 3.25. The average Bonchev–Trinajstić information content (AvgIpc) is 2.17. The summed E-state index contributed by atoms with van der Waals surface area (Å²) in [6.07, 6.45) is 0.438. The molecule has 0 saturated heterocycles. The minimum atomic E-state index is -1.03. The quantitative estimate of drug-likeness (QED) is 0.176. The highest BCUT2D eigenvalue weighted by atomic mass is 32.1. The fourth-order valence-electron chi connectivity index (χ4n) is 0.938. The molecule has 0 aromatic carbocycles. The van der Waals surface area contributed by atoms with Crippen molar-refractivity contribution in [3.63, 3.8) is 0 Å². The van der Waals surface area contributed by atoms with E-state index in [0.717, 1.165) is 0 Å². The summed E-state index contributed by atoms with van der Waals surface area (Å²) in [5, 5.41) is 17.1. The summed E-state index contributed by atoms with van der Waals surface area (Å²) in [6.45, 7) is 0. The Kier molecular flexibility index (Phi) is 7.90. The van der Waals surface area contributed by atoms with Crippen LogP contribution in [0.3, 0.4) is 0 Å². The summed E-state index contributed by atoms with van der Waals surface area (Å²) in [7, 11) is 0. The summed E-state index contributed by atoms with van der Waals surface area (Å²) in [4.78, 5) is 20.8. The van der Waals surface area contributed by atoms with Crippen molar-refractivity contribution in [3.05, 3.63) is 0 Å². The van der Waals surface area contributed by atoms with Crippen LogP contribution in [0.15, 0.2) is 0 Å². The van der Waals surface area contributed by atoms with Gasteiger partial charge in [-0.25, -0.2) is 10.9 Å². The van der Waals surface area contributed by atoms with Crippen molar-refractivity contribution in [2.24, 2.45) is 5.73 Å². The van der Waals surface area contributed by atoms with Crippen molar-refractivity contribution in [1.29, 1.82) is 0 Å². The van der Waals surface area contributed by atoms with Crippen LogP contribution in [-0.4, -0.2) is 40.1 Å². The van der Waals surface area contributed by atoms with E-state index in [-0.39, 0.29) is 12.2 Å². The van der Waals surface area contributed by atoms with Crippen LogP contribution < -0.4 is 16.6 Å². The number of hydrogen-bond acceptors (Lipinski definition) is 6.